The molecule has 2 bridgehead atoms. The normalized spacial score (nSPS) is 28.0. The van der Waals surface area contributed by atoms with Gasteiger partial charge in [-0.05, 0) is 56.6 Å². The summed E-state index contributed by atoms with van der Waals surface area (Å²) in [5.41, 5.74) is 0.512. The molecule has 6 rings (SSSR count). The summed E-state index contributed by atoms with van der Waals surface area (Å²) in [4.78, 5) is 45.8. The summed E-state index contributed by atoms with van der Waals surface area (Å²) in [6.07, 6.45) is 8.97. The van der Waals surface area contributed by atoms with Gasteiger partial charge in [0, 0.05) is 24.8 Å². The molecule has 1 saturated carbocycles. The Morgan fingerprint density at radius 1 is 1.05 bits per heavy atom. The van der Waals surface area contributed by atoms with Gasteiger partial charge in [0.25, 0.3) is 0 Å². The second kappa shape index (κ2) is 12.6. The molecule has 0 aromatic heterocycles. The van der Waals surface area contributed by atoms with Crippen LogP contribution in [0.2, 0.25) is 10.0 Å². The summed E-state index contributed by atoms with van der Waals surface area (Å²) in [5, 5.41) is 6.84. The van der Waals surface area contributed by atoms with Crippen molar-refractivity contribution in [1.29, 1.82) is 0 Å². The summed E-state index contributed by atoms with van der Waals surface area (Å²) >= 11 is 12.2. The fourth-order valence-corrected chi connectivity index (χ4v) is 7.62. The predicted octanol–water partition coefficient (Wildman–Crippen LogP) is 5.05. The van der Waals surface area contributed by atoms with Crippen LogP contribution in [0, 0.1) is 11.8 Å². The molecule has 1 spiro atoms. The lowest BCUT2D eigenvalue weighted by Crippen LogP contribution is -2.56. The summed E-state index contributed by atoms with van der Waals surface area (Å²) < 4.78 is 6.48. The van der Waals surface area contributed by atoms with Gasteiger partial charge < -0.3 is 25.2 Å². The number of amides is 3. The van der Waals surface area contributed by atoms with Gasteiger partial charge in [-0.1, -0.05) is 84.9 Å². The van der Waals surface area contributed by atoms with Gasteiger partial charge in [-0.3, -0.25) is 14.4 Å². The van der Waals surface area contributed by atoms with Crippen LogP contribution in [0.5, 0.6) is 0 Å². The van der Waals surface area contributed by atoms with E-state index in [1.807, 2.05) is 30.4 Å². The van der Waals surface area contributed by atoms with Gasteiger partial charge in [-0.2, -0.15) is 0 Å². The van der Waals surface area contributed by atoms with E-state index < -0.39 is 29.6 Å². The molecule has 43 heavy (non-hydrogen) atoms. The Morgan fingerprint density at radius 3 is 2.56 bits per heavy atom. The zero-order chi connectivity index (χ0) is 30.1. The number of ether oxygens (including phenoxy) is 1. The summed E-state index contributed by atoms with van der Waals surface area (Å²) in [6.45, 7) is 1.92. The molecule has 3 fully saturated rings. The molecule has 3 aliphatic heterocycles. The molecule has 2 aromatic carbocycles. The number of benzene rings is 2. The molecule has 3 heterocycles. The number of nitrogens with one attached hydrogen (secondary N) is 2. The zero-order valence-corrected chi connectivity index (χ0v) is 25.8. The lowest BCUT2D eigenvalue weighted by atomic mass is 9.74. The second-order valence-electron chi connectivity index (χ2n) is 12.3. The molecule has 3 amide bonds. The molecule has 10 heteroatoms. The Morgan fingerprint density at radius 2 is 1.81 bits per heavy atom. The van der Waals surface area contributed by atoms with Crippen LogP contribution in [0.4, 0.5) is 5.69 Å². The fraction of sp³-hybridized carbons (Fsp3) is 0.485. The highest BCUT2D eigenvalue weighted by molar-refractivity contribution is 6.42. The molecule has 1 aliphatic carbocycles. The largest absolute Gasteiger partial charge is 0.359 e. The Kier molecular flexibility index (Phi) is 8.83. The molecular formula is C33H38Cl2N4O4. The molecule has 4 aliphatic rings. The maximum Gasteiger partial charge on any atom is 0.246 e. The Bertz CT molecular complexity index is 1400. The molecule has 228 valence electrons. The van der Waals surface area contributed by atoms with Crippen molar-refractivity contribution in [2.24, 2.45) is 11.8 Å². The van der Waals surface area contributed by atoms with Crippen LogP contribution < -0.4 is 10.6 Å². The monoisotopic (exact) mass is 624 g/mol. The third kappa shape index (κ3) is 5.95. The first kappa shape index (κ1) is 30.1. The number of carbonyl (C=O) groups excluding carboxylic acids is 3. The molecule has 5 atom stereocenters. The number of anilines is 1. The van der Waals surface area contributed by atoms with Crippen LogP contribution in [-0.4, -0.2) is 71.4 Å². The number of rotatable bonds is 10. The first-order chi connectivity index (χ1) is 20.8. The Balaban J connectivity index is 1.21. The van der Waals surface area contributed by atoms with Crippen LogP contribution in [-0.2, 0) is 25.7 Å². The van der Waals surface area contributed by atoms with Crippen molar-refractivity contribution in [3.8, 4) is 0 Å². The van der Waals surface area contributed by atoms with E-state index in [-0.39, 0.29) is 23.8 Å². The smallest absolute Gasteiger partial charge is 0.246 e. The lowest BCUT2D eigenvalue weighted by Gasteiger charge is -2.34. The molecule has 2 N–H and O–H groups in total. The first-order valence-corrected chi connectivity index (χ1v) is 16.0. The van der Waals surface area contributed by atoms with Crippen molar-refractivity contribution in [1.82, 2.24) is 15.1 Å². The maximum atomic E-state index is 14.2. The number of hydrogen-bond acceptors (Lipinski definition) is 5. The van der Waals surface area contributed by atoms with Gasteiger partial charge >= 0.3 is 0 Å². The minimum atomic E-state index is -1.18. The van der Waals surface area contributed by atoms with Crippen LogP contribution in [0.1, 0.15) is 44.1 Å². The third-order valence-corrected chi connectivity index (χ3v) is 10.0. The van der Waals surface area contributed by atoms with E-state index in [4.69, 9.17) is 27.9 Å². The average molecular weight is 626 g/mol. The molecule has 5 unspecified atom stereocenters. The third-order valence-electron chi connectivity index (χ3n) is 9.30. The van der Waals surface area contributed by atoms with Crippen LogP contribution in [0.25, 0.3) is 0 Å². The highest BCUT2D eigenvalue weighted by atomic mass is 35.5. The van der Waals surface area contributed by atoms with E-state index in [0.717, 1.165) is 38.8 Å². The summed E-state index contributed by atoms with van der Waals surface area (Å²) in [6, 6.07) is 14.3. The standard InChI is InChI=1S/C33H38Cl2N4O4/c1-38(20-21-9-4-2-5-10-21)17-8-18-39-29(31(41)36-22-11-6-3-7-12-22)33-16-15-26(43-33)27(28(33)32(39)42)30(40)37-23-13-14-24(34)25(35)19-23/h2,4-5,9-10,13-16,19,22,26-29H,3,6-8,11-12,17-18,20H2,1H3,(H,36,41)(H,37,40). The van der Waals surface area contributed by atoms with Gasteiger partial charge in [-0.25, -0.2) is 0 Å². The molecule has 2 aromatic rings. The average Bonchev–Trinajstić information content (AvgIpc) is 3.63. The van der Waals surface area contributed by atoms with E-state index in [0.29, 0.717) is 28.7 Å². The molecular weight excluding hydrogens is 587 g/mol. The quantitative estimate of drug-likeness (QED) is 0.361. The van der Waals surface area contributed by atoms with Crippen molar-refractivity contribution in [2.45, 2.75) is 68.9 Å². The van der Waals surface area contributed by atoms with Crippen molar-refractivity contribution in [3.63, 3.8) is 0 Å². The number of nitrogens with zero attached hydrogens (tertiary/aromatic N) is 2. The number of fused-ring (bicyclic) bond motifs is 1. The molecule has 2 saturated heterocycles. The van der Waals surface area contributed by atoms with Crippen molar-refractivity contribution in [3.05, 3.63) is 76.3 Å². The van der Waals surface area contributed by atoms with Gasteiger partial charge in [0.1, 0.15) is 11.6 Å². The number of carbonyl (C=O) groups is 3. The van der Waals surface area contributed by atoms with Gasteiger partial charge in [-0.15, -0.1) is 0 Å². The maximum absolute atomic E-state index is 14.2. The second-order valence-corrected chi connectivity index (χ2v) is 13.1. The lowest BCUT2D eigenvalue weighted by molar-refractivity contribution is -0.141. The molecule has 0 radical (unpaired) electrons. The van der Waals surface area contributed by atoms with Crippen molar-refractivity contribution in [2.75, 3.05) is 25.5 Å². The highest BCUT2D eigenvalue weighted by Gasteiger charge is 2.72. The fourth-order valence-electron chi connectivity index (χ4n) is 7.32. The van der Waals surface area contributed by atoms with E-state index in [1.54, 1.807) is 23.1 Å². The zero-order valence-electron chi connectivity index (χ0n) is 24.3. The molecule has 8 nitrogen and oxygen atoms in total. The van der Waals surface area contributed by atoms with Crippen LogP contribution in [0.3, 0.4) is 0 Å². The van der Waals surface area contributed by atoms with Crippen molar-refractivity contribution >= 4 is 46.6 Å². The minimum absolute atomic E-state index is 0.0852. The van der Waals surface area contributed by atoms with Crippen LogP contribution in [0.15, 0.2) is 60.7 Å². The Hall–Kier alpha value is -2.91. The minimum Gasteiger partial charge on any atom is -0.359 e. The van der Waals surface area contributed by atoms with Crippen LogP contribution >= 0.6 is 23.2 Å². The van der Waals surface area contributed by atoms with E-state index in [1.165, 1.54) is 12.0 Å². The Labute approximate surface area is 262 Å². The first-order valence-electron chi connectivity index (χ1n) is 15.2. The summed E-state index contributed by atoms with van der Waals surface area (Å²) in [7, 11) is 2.05. The highest BCUT2D eigenvalue weighted by Crippen LogP contribution is 2.55. The summed E-state index contributed by atoms with van der Waals surface area (Å²) in [5.74, 6) is -2.33. The predicted molar refractivity (Wildman–Crippen MR) is 167 cm³/mol. The number of hydrogen-bond donors (Lipinski definition) is 2. The van der Waals surface area contributed by atoms with E-state index >= 15 is 0 Å². The van der Waals surface area contributed by atoms with Gasteiger partial charge in [0.05, 0.1) is 28.0 Å². The topological polar surface area (TPSA) is 91.0 Å². The number of likely N-dealkylation sites (tertiary alicyclic amines) is 1. The van der Waals surface area contributed by atoms with E-state index in [2.05, 4.69) is 34.7 Å². The van der Waals surface area contributed by atoms with Crippen molar-refractivity contribution < 1.29 is 19.1 Å². The van der Waals surface area contributed by atoms with Gasteiger partial charge in [0.15, 0.2) is 0 Å². The van der Waals surface area contributed by atoms with Gasteiger partial charge in [0.2, 0.25) is 17.7 Å². The van der Waals surface area contributed by atoms with E-state index in [9.17, 15) is 14.4 Å². The number of halogens is 2. The SMILES string of the molecule is CN(CCCN1C(=O)C2C(C(=O)Nc3ccc(Cl)c(Cl)c3)C3C=CC2(O3)C1C(=O)NC1CCCCC1)Cc1ccccc1.